The van der Waals surface area contributed by atoms with Gasteiger partial charge in [-0.25, -0.2) is 9.97 Å². The minimum Gasteiger partial charge on any atom is -0.356 e. The number of nitrogens with one attached hydrogen (secondary N) is 2. The molecule has 1 aliphatic heterocycles. The zero-order valence-electron chi connectivity index (χ0n) is 21.8. The Balaban J connectivity index is 1.22. The van der Waals surface area contributed by atoms with Gasteiger partial charge < -0.3 is 15.5 Å². The minimum atomic E-state index is 0.0738. The first-order valence-corrected chi connectivity index (χ1v) is 13.7. The van der Waals surface area contributed by atoms with E-state index in [9.17, 15) is 4.79 Å². The summed E-state index contributed by atoms with van der Waals surface area (Å²) in [4.78, 5) is 29.2. The van der Waals surface area contributed by atoms with Crippen molar-refractivity contribution in [2.75, 3.05) is 23.3 Å². The van der Waals surface area contributed by atoms with Crippen LogP contribution < -0.4 is 15.5 Å². The van der Waals surface area contributed by atoms with E-state index in [0.29, 0.717) is 11.9 Å². The van der Waals surface area contributed by atoms with E-state index in [-0.39, 0.29) is 11.8 Å². The van der Waals surface area contributed by atoms with Gasteiger partial charge in [0.05, 0.1) is 5.69 Å². The highest BCUT2D eigenvalue weighted by Gasteiger charge is 2.28. The number of aryl methyl sites for hydroxylation is 1. The van der Waals surface area contributed by atoms with Gasteiger partial charge in [0, 0.05) is 79.3 Å². The molecule has 1 saturated heterocycles. The number of nitrogens with zero attached hydrogens (tertiary/aromatic N) is 6. The Kier molecular flexibility index (Phi) is 6.90. The molecule has 0 radical (unpaired) electrons. The lowest BCUT2D eigenvalue weighted by atomic mass is 9.92. The number of fused-ring (bicyclic) bond motifs is 1. The number of carbonyl (C=O) groups is 1. The molecule has 0 aromatic carbocycles. The van der Waals surface area contributed by atoms with Crippen LogP contribution >= 0.6 is 0 Å². The predicted octanol–water partition coefficient (Wildman–Crippen LogP) is 4.83. The van der Waals surface area contributed by atoms with Gasteiger partial charge >= 0.3 is 0 Å². The van der Waals surface area contributed by atoms with Crippen molar-refractivity contribution in [3.63, 3.8) is 0 Å². The van der Waals surface area contributed by atoms with Gasteiger partial charge in [0.1, 0.15) is 11.6 Å². The van der Waals surface area contributed by atoms with Crippen LogP contribution in [-0.4, -0.2) is 49.8 Å². The third kappa shape index (κ3) is 5.32. The maximum absolute atomic E-state index is 13.0. The first-order valence-electron chi connectivity index (χ1n) is 13.7. The molecule has 2 aliphatic rings. The SMILES string of the molecule is Cn1ccc(Nc2cc(-c3cc4cnccc4c(N4CCC(C(=O)NC5CCCCC5)CC4)n3)ccn2)n1. The molecule has 0 bridgehead atoms. The van der Waals surface area contributed by atoms with Crippen molar-refractivity contribution in [1.82, 2.24) is 30.0 Å². The van der Waals surface area contributed by atoms with Crippen molar-refractivity contribution in [1.29, 1.82) is 0 Å². The number of amides is 1. The van der Waals surface area contributed by atoms with E-state index in [1.54, 1.807) is 10.9 Å². The summed E-state index contributed by atoms with van der Waals surface area (Å²) < 4.78 is 1.75. The van der Waals surface area contributed by atoms with Crippen molar-refractivity contribution >= 4 is 34.1 Å². The molecule has 1 saturated carbocycles. The molecule has 4 aromatic rings. The summed E-state index contributed by atoms with van der Waals surface area (Å²) in [5.74, 6) is 2.70. The quantitative estimate of drug-likeness (QED) is 0.383. The Morgan fingerprint density at radius 2 is 1.82 bits per heavy atom. The molecule has 9 nitrogen and oxygen atoms in total. The highest BCUT2D eigenvalue weighted by Crippen LogP contribution is 2.33. The van der Waals surface area contributed by atoms with Crippen LogP contribution in [-0.2, 0) is 11.8 Å². The van der Waals surface area contributed by atoms with Crippen LogP contribution in [0.4, 0.5) is 17.5 Å². The molecule has 38 heavy (non-hydrogen) atoms. The number of rotatable bonds is 6. The molecule has 6 rings (SSSR count). The number of aromatic nitrogens is 5. The summed E-state index contributed by atoms with van der Waals surface area (Å²) in [7, 11) is 1.88. The van der Waals surface area contributed by atoms with Gasteiger partial charge in [-0.2, -0.15) is 5.10 Å². The normalized spacial score (nSPS) is 17.0. The van der Waals surface area contributed by atoms with Crippen molar-refractivity contribution in [3.8, 4) is 11.3 Å². The first-order chi connectivity index (χ1) is 18.6. The Labute approximate surface area is 222 Å². The van der Waals surface area contributed by atoms with Gasteiger partial charge in [0.15, 0.2) is 5.82 Å². The average molecular weight is 511 g/mol. The molecule has 1 aliphatic carbocycles. The number of hydrogen-bond donors (Lipinski definition) is 2. The van der Waals surface area contributed by atoms with Crippen LogP contribution in [0.5, 0.6) is 0 Å². The standard InChI is InChI=1S/C29H34N8O/c1-36-14-11-26(35-36)34-27-18-21(7-13-31-27)25-17-22-19-30-12-8-24(22)28(33-25)37-15-9-20(10-16-37)29(38)32-23-5-3-2-4-6-23/h7-8,11-14,17-20,23H,2-6,9-10,15-16H2,1H3,(H,32,38)(H,31,34,35). The fourth-order valence-corrected chi connectivity index (χ4v) is 5.66. The van der Waals surface area contributed by atoms with Crippen molar-refractivity contribution in [2.24, 2.45) is 13.0 Å². The molecule has 196 valence electrons. The molecular formula is C29H34N8O. The maximum atomic E-state index is 13.0. The Hall–Kier alpha value is -4.01. The van der Waals surface area contributed by atoms with Crippen LogP contribution in [0, 0.1) is 5.92 Å². The van der Waals surface area contributed by atoms with E-state index < -0.39 is 0 Å². The molecular weight excluding hydrogens is 476 g/mol. The van der Waals surface area contributed by atoms with Crippen molar-refractivity contribution in [3.05, 3.63) is 55.1 Å². The molecule has 5 heterocycles. The summed E-state index contributed by atoms with van der Waals surface area (Å²) in [5, 5.41) is 13.1. The summed E-state index contributed by atoms with van der Waals surface area (Å²) >= 11 is 0. The number of piperidine rings is 1. The maximum Gasteiger partial charge on any atom is 0.223 e. The van der Waals surface area contributed by atoms with E-state index in [0.717, 1.165) is 72.4 Å². The number of hydrogen-bond acceptors (Lipinski definition) is 7. The van der Waals surface area contributed by atoms with Gasteiger partial charge in [0.2, 0.25) is 5.91 Å². The molecule has 0 atom stereocenters. The van der Waals surface area contributed by atoms with Crippen molar-refractivity contribution < 1.29 is 4.79 Å². The third-order valence-corrected chi connectivity index (χ3v) is 7.75. The van der Waals surface area contributed by atoms with Gasteiger partial charge in [-0.3, -0.25) is 14.5 Å². The smallest absolute Gasteiger partial charge is 0.223 e. The predicted molar refractivity (Wildman–Crippen MR) is 149 cm³/mol. The monoisotopic (exact) mass is 510 g/mol. The topological polar surface area (TPSA) is 101 Å². The van der Waals surface area contributed by atoms with E-state index in [1.165, 1.54) is 19.3 Å². The summed E-state index contributed by atoms with van der Waals surface area (Å²) in [6.07, 6.45) is 15.0. The number of anilines is 3. The summed E-state index contributed by atoms with van der Waals surface area (Å²) in [5.41, 5.74) is 1.83. The second-order valence-electron chi connectivity index (χ2n) is 10.5. The molecule has 9 heteroatoms. The molecule has 4 aromatic heterocycles. The fraction of sp³-hybridized carbons (Fsp3) is 0.414. The van der Waals surface area contributed by atoms with Gasteiger partial charge in [0.25, 0.3) is 0 Å². The summed E-state index contributed by atoms with van der Waals surface area (Å²) in [6, 6.07) is 10.3. The summed E-state index contributed by atoms with van der Waals surface area (Å²) in [6.45, 7) is 1.61. The minimum absolute atomic E-state index is 0.0738. The lowest BCUT2D eigenvalue weighted by Gasteiger charge is -2.34. The Bertz CT molecular complexity index is 1420. The first kappa shape index (κ1) is 24.3. The lowest BCUT2D eigenvalue weighted by Crippen LogP contribution is -2.44. The van der Waals surface area contributed by atoms with Gasteiger partial charge in [-0.05, 0) is 49.9 Å². The van der Waals surface area contributed by atoms with Gasteiger partial charge in [-0.1, -0.05) is 19.3 Å². The van der Waals surface area contributed by atoms with Crippen LogP contribution in [0.25, 0.3) is 22.0 Å². The van der Waals surface area contributed by atoms with Crippen molar-refractivity contribution in [2.45, 2.75) is 51.0 Å². The molecule has 2 N–H and O–H groups in total. The van der Waals surface area contributed by atoms with Gasteiger partial charge in [-0.15, -0.1) is 0 Å². The average Bonchev–Trinajstić information content (AvgIpc) is 3.37. The second kappa shape index (κ2) is 10.8. The number of carbonyl (C=O) groups excluding carboxylic acids is 1. The third-order valence-electron chi connectivity index (χ3n) is 7.75. The van der Waals surface area contributed by atoms with Crippen LogP contribution in [0.15, 0.2) is 55.1 Å². The fourth-order valence-electron chi connectivity index (χ4n) is 5.66. The van der Waals surface area contributed by atoms with E-state index in [4.69, 9.17) is 4.98 Å². The Morgan fingerprint density at radius 1 is 0.974 bits per heavy atom. The van der Waals surface area contributed by atoms with E-state index in [2.05, 4.69) is 36.7 Å². The second-order valence-corrected chi connectivity index (χ2v) is 10.5. The zero-order valence-corrected chi connectivity index (χ0v) is 21.8. The van der Waals surface area contributed by atoms with Crippen LogP contribution in [0.1, 0.15) is 44.9 Å². The number of pyridine rings is 3. The molecule has 0 spiro atoms. The largest absolute Gasteiger partial charge is 0.356 e. The molecule has 2 fully saturated rings. The van der Waals surface area contributed by atoms with Crippen LogP contribution in [0.3, 0.4) is 0 Å². The highest BCUT2D eigenvalue weighted by atomic mass is 16.1. The van der Waals surface area contributed by atoms with E-state index in [1.807, 2.05) is 49.9 Å². The zero-order chi connectivity index (χ0) is 25.9. The van der Waals surface area contributed by atoms with E-state index >= 15 is 0 Å². The molecule has 1 amide bonds. The highest BCUT2D eigenvalue weighted by molar-refractivity contribution is 5.94. The molecule has 0 unspecified atom stereocenters. The lowest BCUT2D eigenvalue weighted by molar-refractivity contribution is -0.126. The van der Waals surface area contributed by atoms with Crippen LogP contribution in [0.2, 0.25) is 0 Å². The Morgan fingerprint density at radius 3 is 2.61 bits per heavy atom.